The first-order valence-electron chi connectivity index (χ1n) is 4.12. The number of benzene rings is 1. The zero-order chi connectivity index (χ0) is 10.4. The Morgan fingerprint density at radius 1 is 1.29 bits per heavy atom. The molecule has 3 nitrogen and oxygen atoms in total. The number of ether oxygens (including phenoxy) is 1. The minimum Gasteiger partial charge on any atom is -0.497 e. The molecular weight excluding hydrogens is 246 g/mol. The van der Waals surface area contributed by atoms with E-state index in [1.54, 1.807) is 7.11 Å². The molecule has 0 aliphatic heterocycles. The summed E-state index contributed by atoms with van der Waals surface area (Å²) >= 11 is 3.35. The molecule has 0 aliphatic carbocycles. The second-order valence-corrected chi connectivity index (χ2v) is 3.14. The van der Waals surface area contributed by atoms with E-state index in [-0.39, 0.29) is 0 Å². The zero-order valence-electron chi connectivity index (χ0n) is 8.16. The number of alkyl halides is 1. The normalized spacial score (nSPS) is 11.2. The van der Waals surface area contributed by atoms with Gasteiger partial charge in [0.25, 0.3) is 0 Å². The molecular formula is C10H12BrNO2. The van der Waals surface area contributed by atoms with Gasteiger partial charge in [-0.05, 0) is 24.3 Å². The van der Waals surface area contributed by atoms with E-state index in [9.17, 15) is 0 Å². The van der Waals surface area contributed by atoms with E-state index in [0.717, 1.165) is 17.0 Å². The highest BCUT2D eigenvalue weighted by Crippen LogP contribution is 2.12. The number of methoxy groups -OCH3 is 1. The second kappa shape index (κ2) is 5.65. The molecule has 1 aromatic rings. The highest BCUT2D eigenvalue weighted by atomic mass is 79.9. The number of hydrogen-bond donors (Lipinski definition) is 0. The van der Waals surface area contributed by atoms with Gasteiger partial charge in [-0.1, -0.05) is 21.1 Å². The Bertz CT molecular complexity index is 308. The molecule has 0 fully saturated rings. The van der Waals surface area contributed by atoms with Gasteiger partial charge in [-0.2, -0.15) is 0 Å². The summed E-state index contributed by atoms with van der Waals surface area (Å²) in [5, 5.41) is 4.56. The molecule has 0 bridgehead atoms. The maximum Gasteiger partial charge on any atom is 0.118 e. The van der Waals surface area contributed by atoms with Crippen LogP contribution in [0.5, 0.6) is 5.75 Å². The summed E-state index contributed by atoms with van der Waals surface area (Å²) in [7, 11) is 3.18. The van der Waals surface area contributed by atoms with Crippen molar-refractivity contribution in [2.45, 2.75) is 0 Å². The van der Waals surface area contributed by atoms with E-state index < -0.39 is 0 Å². The quantitative estimate of drug-likeness (QED) is 0.472. The summed E-state index contributed by atoms with van der Waals surface area (Å²) in [6.45, 7) is 0. The van der Waals surface area contributed by atoms with Crippen LogP contribution in [-0.2, 0) is 4.84 Å². The van der Waals surface area contributed by atoms with Crippen molar-refractivity contribution in [1.82, 2.24) is 0 Å². The fraction of sp³-hybridized carbons (Fsp3) is 0.300. The Labute approximate surface area is 91.8 Å². The summed E-state index contributed by atoms with van der Waals surface area (Å²) in [5.74, 6) is 0.833. The van der Waals surface area contributed by atoms with Crippen molar-refractivity contribution in [3.8, 4) is 5.75 Å². The minimum atomic E-state index is 0.660. The first kappa shape index (κ1) is 11.0. The molecule has 0 saturated heterocycles. The van der Waals surface area contributed by atoms with E-state index in [4.69, 9.17) is 9.57 Å². The average Bonchev–Trinajstić information content (AvgIpc) is 2.26. The summed E-state index contributed by atoms with van der Waals surface area (Å²) in [4.78, 5) is 4.73. The van der Waals surface area contributed by atoms with Gasteiger partial charge in [0.2, 0.25) is 0 Å². The zero-order valence-corrected chi connectivity index (χ0v) is 9.74. The van der Waals surface area contributed by atoms with Crippen LogP contribution in [-0.4, -0.2) is 25.3 Å². The van der Waals surface area contributed by atoms with Gasteiger partial charge >= 0.3 is 0 Å². The van der Waals surface area contributed by atoms with Crippen LogP contribution in [0.25, 0.3) is 0 Å². The molecule has 0 heterocycles. The predicted molar refractivity (Wildman–Crippen MR) is 60.3 cm³/mol. The molecule has 0 unspecified atom stereocenters. The Kier molecular flexibility index (Phi) is 4.46. The molecule has 0 spiro atoms. The molecule has 1 rings (SSSR count). The Hall–Kier alpha value is -1.03. The van der Waals surface area contributed by atoms with E-state index in [1.807, 2.05) is 24.3 Å². The number of halogens is 1. The van der Waals surface area contributed by atoms with Crippen LogP contribution in [0.1, 0.15) is 5.56 Å². The van der Waals surface area contributed by atoms with Crippen molar-refractivity contribution >= 4 is 21.6 Å². The van der Waals surface area contributed by atoms with E-state index in [1.165, 1.54) is 7.11 Å². The molecule has 0 saturated carbocycles. The molecule has 1 aromatic carbocycles. The maximum absolute atomic E-state index is 5.06. The topological polar surface area (TPSA) is 30.8 Å². The first-order chi connectivity index (χ1) is 6.81. The Balaban J connectivity index is 2.89. The molecule has 76 valence electrons. The SMILES string of the molecule is CON=C(CBr)c1ccc(OC)cc1. The summed E-state index contributed by atoms with van der Waals surface area (Å²) in [5.41, 5.74) is 1.87. The Morgan fingerprint density at radius 3 is 2.36 bits per heavy atom. The highest BCUT2D eigenvalue weighted by Gasteiger charge is 2.02. The van der Waals surface area contributed by atoms with Gasteiger partial charge in [0.05, 0.1) is 12.8 Å². The van der Waals surface area contributed by atoms with Crippen molar-refractivity contribution < 1.29 is 9.57 Å². The van der Waals surface area contributed by atoms with E-state index in [2.05, 4.69) is 21.1 Å². The lowest BCUT2D eigenvalue weighted by Gasteiger charge is -2.03. The molecule has 0 atom stereocenters. The fourth-order valence-corrected chi connectivity index (χ4v) is 1.47. The van der Waals surface area contributed by atoms with E-state index >= 15 is 0 Å². The van der Waals surface area contributed by atoms with Crippen molar-refractivity contribution in [1.29, 1.82) is 0 Å². The average molecular weight is 258 g/mol. The van der Waals surface area contributed by atoms with Gasteiger partial charge in [-0.25, -0.2) is 0 Å². The van der Waals surface area contributed by atoms with Crippen molar-refractivity contribution in [2.24, 2.45) is 5.16 Å². The van der Waals surface area contributed by atoms with Gasteiger partial charge in [-0.3, -0.25) is 0 Å². The third-order valence-corrected chi connectivity index (χ3v) is 2.28. The van der Waals surface area contributed by atoms with Gasteiger partial charge in [0.1, 0.15) is 12.9 Å². The van der Waals surface area contributed by atoms with Crippen molar-refractivity contribution in [3.63, 3.8) is 0 Å². The fourth-order valence-electron chi connectivity index (χ4n) is 1.05. The molecule has 0 N–H and O–H groups in total. The third kappa shape index (κ3) is 2.73. The largest absolute Gasteiger partial charge is 0.497 e. The Morgan fingerprint density at radius 2 is 1.93 bits per heavy atom. The van der Waals surface area contributed by atoms with Gasteiger partial charge in [0.15, 0.2) is 0 Å². The molecule has 0 aliphatic rings. The smallest absolute Gasteiger partial charge is 0.118 e. The highest BCUT2D eigenvalue weighted by molar-refractivity contribution is 9.09. The first-order valence-corrected chi connectivity index (χ1v) is 5.24. The second-order valence-electron chi connectivity index (χ2n) is 2.58. The van der Waals surface area contributed by atoms with Crippen molar-refractivity contribution in [3.05, 3.63) is 29.8 Å². The van der Waals surface area contributed by atoms with Crippen LogP contribution in [0, 0.1) is 0 Å². The summed E-state index contributed by atoms with van der Waals surface area (Å²) in [6, 6.07) is 7.67. The molecule has 0 radical (unpaired) electrons. The van der Waals surface area contributed by atoms with Crippen LogP contribution in [0.2, 0.25) is 0 Å². The van der Waals surface area contributed by atoms with Crippen LogP contribution in [0.15, 0.2) is 29.4 Å². The number of nitrogens with zero attached hydrogens (tertiary/aromatic N) is 1. The maximum atomic E-state index is 5.06. The van der Waals surface area contributed by atoms with Crippen LogP contribution in [0.4, 0.5) is 0 Å². The summed E-state index contributed by atoms with van der Waals surface area (Å²) in [6.07, 6.45) is 0. The molecule has 0 aromatic heterocycles. The standard InChI is InChI=1S/C10H12BrNO2/c1-13-9-5-3-8(4-6-9)10(7-11)12-14-2/h3-6H,7H2,1-2H3. The van der Waals surface area contributed by atoms with Crippen LogP contribution in [0.3, 0.4) is 0 Å². The molecule has 0 amide bonds. The molecule has 4 heteroatoms. The minimum absolute atomic E-state index is 0.660. The predicted octanol–water partition coefficient (Wildman–Crippen LogP) is 2.44. The lowest BCUT2D eigenvalue weighted by Crippen LogP contribution is -2.02. The number of oxime groups is 1. The third-order valence-electron chi connectivity index (χ3n) is 1.75. The lowest BCUT2D eigenvalue weighted by molar-refractivity contribution is 0.213. The molecule has 14 heavy (non-hydrogen) atoms. The van der Waals surface area contributed by atoms with Gasteiger partial charge < -0.3 is 9.57 Å². The number of rotatable bonds is 4. The number of hydrogen-bond acceptors (Lipinski definition) is 3. The van der Waals surface area contributed by atoms with E-state index in [0.29, 0.717) is 5.33 Å². The van der Waals surface area contributed by atoms with Crippen LogP contribution >= 0.6 is 15.9 Å². The monoisotopic (exact) mass is 257 g/mol. The van der Waals surface area contributed by atoms with Crippen molar-refractivity contribution in [2.75, 3.05) is 19.5 Å². The van der Waals surface area contributed by atoms with Gasteiger partial charge in [-0.15, -0.1) is 0 Å². The van der Waals surface area contributed by atoms with Gasteiger partial charge in [0, 0.05) is 10.9 Å². The van der Waals surface area contributed by atoms with Crippen LogP contribution < -0.4 is 4.74 Å². The lowest BCUT2D eigenvalue weighted by atomic mass is 10.1. The summed E-state index contributed by atoms with van der Waals surface area (Å²) < 4.78 is 5.06.